The Bertz CT molecular complexity index is 962. The molecule has 8 nitrogen and oxygen atoms in total. The summed E-state index contributed by atoms with van der Waals surface area (Å²) in [5.41, 5.74) is 9.05. The molecule has 3 N–H and O–H groups in total. The van der Waals surface area contributed by atoms with E-state index in [4.69, 9.17) is 45.3 Å². The lowest BCUT2D eigenvalue weighted by Gasteiger charge is -2.11. The summed E-state index contributed by atoms with van der Waals surface area (Å²) in [6, 6.07) is 6.86. The number of carbonyl (C=O) groups excluding carboxylic acids is 2. The largest absolute Gasteiger partial charge is 0.484 e. The van der Waals surface area contributed by atoms with Gasteiger partial charge in [-0.25, -0.2) is 10.4 Å². The zero-order valence-electron chi connectivity index (χ0n) is 15.8. The number of nitrogens with two attached hydrogens (primary N) is 1. The molecule has 154 valence electrons. The average Bonchev–Trinajstić information content (AvgIpc) is 2.71. The normalized spacial score (nSPS) is 11.2. The predicted molar refractivity (Wildman–Crippen MR) is 114 cm³/mol. The third kappa shape index (κ3) is 5.72. The van der Waals surface area contributed by atoms with Crippen LogP contribution in [-0.4, -0.2) is 48.1 Å². The van der Waals surface area contributed by atoms with Crippen LogP contribution in [0.1, 0.15) is 23.0 Å². The molecule has 0 aliphatic carbocycles. The molecule has 1 aromatic carbocycles. The highest BCUT2D eigenvalue weighted by atomic mass is 35.5. The van der Waals surface area contributed by atoms with Crippen molar-refractivity contribution < 1.29 is 14.3 Å². The van der Waals surface area contributed by atoms with E-state index < -0.39 is 5.91 Å². The highest BCUT2D eigenvalue weighted by molar-refractivity contribution is 6.46. The summed E-state index contributed by atoms with van der Waals surface area (Å²) in [5.74, 6) is -0.311. The lowest BCUT2D eigenvalue weighted by Crippen LogP contribution is -2.27. The Morgan fingerprint density at radius 1 is 1.17 bits per heavy atom. The van der Waals surface area contributed by atoms with Crippen molar-refractivity contribution in [2.24, 2.45) is 5.10 Å². The first-order valence-electron chi connectivity index (χ1n) is 8.19. The van der Waals surface area contributed by atoms with Gasteiger partial charge < -0.3 is 15.4 Å². The van der Waals surface area contributed by atoms with Crippen LogP contribution in [-0.2, 0) is 4.79 Å². The number of hydrogen-bond donors (Lipinski definition) is 2. The first kappa shape index (κ1) is 22.7. The SMILES string of the molecule is CC(=NNC(=O)c1nc(Cl)c(Cl)c(N)c1Cl)c1ccc(OCC(=O)N(C)C)cc1. The second-order valence-electron chi connectivity index (χ2n) is 6.03. The highest BCUT2D eigenvalue weighted by Gasteiger charge is 2.19. The molecule has 29 heavy (non-hydrogen) atoms. The zero-order valence-corrected chi connectivity index (χ0v) is 18.1. The monoisotopic (exact) mass is 457 g/mol. The van der Waals surface area contributed by atoms with Gasteiger partial charge in [-0.05, 0) is 36.8 Å². The first-order valence-corrected chi connectivity index (χ1v) is 9.33. The summed E-state index contributed by atoms with van der Waals surface area (Å²) in [6.45, 7) is 1.64. The molecule has 0 spiro atoms. The van der Waals surface area contributed by atoms with E-state index in [1.165, 1.54) is 4.90 Å². The Morgan fingerprint density at radius 3 is 2.38 bits per heavy atom. The van der Waals surface area contributed by atoms with Gasteiger partial charge in [0.2, 0.25) is 0 Å². The van der Waals surface area contributed by atoms with Crippen molar-refractivity contribution in [3.05, 3.63) is 50.7 Å². The van der Waals surface area contributed by atoms with E-state index in [-0.39, 0.29) is 39.1 Å². The Balaban J connectivity index is 2.06. The van der Waals surface area contributed by atoms with E-state index in [0.29, 0.717) is 11.5 Å². The topological polar surface area (TPSA) is 110 Å². The van der Waals surface area contributed by atoms with Crippen molar-refractivity contribution in [2.75, 3.05) is 26.4 Å². The number of carbonyl (C=O) groups is 2. The van der Waals surface area contributed by atoms with Gasteiger partial charge in [-0.2, -0.15) is 5.10 Å². The lowest BCUT2D eigenvalue weighted by molar-refractivity contribution is -0.130. The molecule has 0 aliphatic heterocycles. The van der Waals surface area contributed by atoms with Gasteiger partial charge in [-0.1, -0.05) is 34.8 Å². The lowest BCUT2D eigenvalue weighted by atomic mass is 10.1. The minimum Gasteiger partial charge on any atom is -0.484 e. The summed E-state index contributed by atoms with van der Waals surface area (Å²) in [6.07, 6.45) is 0. The number of likely N-dealkylation sites (N-methyl/N-ethyl adjacent to an activating group) is 1. The van der Waals surface area contributed by atoms with Gasteiger partial charge in [-0.3, -0.25) is 9.59 Å². The summed E-state index contributed by atoms with van der Waals surface area (Å²) < 4.78 is 5.41. The number of benzene rings is 1. The number of pyridine rings is 1. The molecule has 1 aromatic heterocycles. The first-order chi connectivity index (χ1) is 13.6. The van der Waals surface area contributed by atoms with Crippen LogP contribution in [0.15, 0.2) is 29.4 Å². The molecular formula is C18H18Cl3N5O3. The Morgan fingerprint density at radius 2 is 1.79 bits per heavy atom. The van der Waals surface area contributed by atoms with Crippen LogP contribution in [0.5, 0.6) is 5.75 Å². The molecule has 1 heterocycles. The zero-order chi connectivity index (χ0) is 21.7. The molecular weight excluding hydrogens is 441 g/mol. The number of hydrazone groups is 1. The van der Waals surface area contributed by atoms with Gasteiger partial charge in [0.25, 0.3) is 11.8 Å². The number of nitrogens with zero attached hydrogens (tertiary/aromatic N) is 3. The van der Waals surface area contributed by atoms with Gasteiger partial charge in [-0.15, -0.1) is 0 Å². The van der Waals surface area contributed by atoms with E-state index in [2.05, 4.69) is 15.5 Å². The molecule has 0 radical (unpaired) electrons. The van der Waals surface area contributed by atoms with Crippen LogP contribution in [0.3, 0.4) is 0 Å². The van der Waals surface area contributed by atoms with Crippen LogP contribution < -0.4 is 15.9 Å². The Labute approximate surface area is 182 Å². The molecule has 0 unspecified atom stereocenters. The second kappa shape index (κ2) is 9.78. The second-order valence-corrected chi connectivity index (χ2v) is 7.15. The molecule has 0 atom stereocenters. The number of nitrogens with one attached hydrogen (secondary N) is 1. The van der Waals surface area contributed by atoms with Crippen LogP contribution in [0.25, 0.3) is 0 Å². The molecule has 0 saturated heterocycles. The maximum absolute atomic E-state index is 12.3. The number of anilines is 1. The Hall–Kier alpha value is -2.55. The minimum atomic E-state index is -0.693. The van der Waals surface area contributed by atoms with Crippen molar-refractivity contribution in [1.29, 1.82) is 0 Å². The highest BCUT2D eigenvalue weighted by Crippen LogP contribution is 2.34. The average molecular weight is 459 g/mol. The third-order valence-corrected chi connectivity index (χ3v) is 4.88. The molecule has 11 heteroatoms. The maximum Gasteiger partial charge on any atom is 0.291 e. The van der Waals surface area contributed by atoms with Crippen LogP contribution >= 0.6 is 34.8 Å². The summed E-state index contributed by atoms with van der Waals surface area (Å²) >= 11 is 17.7. The van der Waals surface area contributed by atoms with Crippen molar-refractivity contribution in [1.82, 2.24) is 15.3 Å². The fourth-order valence-corrected chi connectivity index (χ4v) is 2.59. The number of amides is 2. The van der Waals surface area contributed by atoms with Gasteiger partial charge in [0.1, 0.15) is 10.8 Å². The molecule has 0 saturated carbocycles. The van der Waals surface area contributed by atoms with Crippen molar-refractivity contribution >= 4 is 58.0 Å². The fourth-order valence-electron chi connectivity index (χ4n) is 2.00. The number of hydrogen-bond acceptors (Lipinski definition) is 6. The maximum atomic E-state index is 12.3. The summed E-state index contributed by atoms with van der Waals surface area (Å²) in [4.78, 5) is 29.1. The molecule has 0 fully saturated rings. The molecule has 2 amide bonds. The predicted octanol–water partition coefficient (Wildman–Crippen LogP) is 3.25. The fraction of sp³-hybridized carbons (Fsp3) is 0.222. The minimum absolute atomic E-state index is 0.0255. The van der Waals surface area contributed by atoms with Crippen molar-refractivity contribution in [3.63, 3.8) is 0 Å². The van der Waals surface area contributed by atoms with E-state index in [0.717, 1.165) is 5.56 Å². The number of rotatable bonds is 6. The summed E-state index contributed by atoms with van der Waals surface area (Å²) in [7, 11) is 3.30. The molecule has 0 aliphatic rings. The van der Waals surface area contributed by atoms with Crippen LogP contribution in [0.2, 0.25) is 15.2 Å². The smallest absolute Gasteiger partial charge is 0.291 e. The third-order valence-electron chi connectivity index (χ3n) is 3.75. The number of aromatic nitrogens is 1. The van der Waals surface area contributed by atoms with Gasteiger partial charge in [0, 0.05) is 14.1 Å². The molecule has 2 rings (SSSR count). The number of nitrogen functional groups attached to an aromatic ring is 1. The summed E-state index contributed by atoms with van der Waals surface area (Å²) in [5, 5.41) is 3.75. The quantitative estimate of drug-likeness (QED) is 0.392. The van der Waals surface area contributed by atoms with Crippen LogP contribution in [0.4, 0.5) is 5.69 Å². The van der Waals surface area contributed by atoms with Crippen molar-refractivity contribution in [2.45, 2.75) is 6.92 Å². The molecule has 2 aromatic rings. The number of ether oxygens (including phenoxy) is 1. The van der Waals surface area contributed by atoms with E-state index in [1.54, 1.807) is 45.3 Å². The van der Waals surface area contributed by atoms with E-state index in [1.807, 2.05) is 0 Å². The Kier molecular flexibility index (Phi) is 7.66. The standard InChI is InChI=1S/C18H18Cl3N5O3/c1-9(10-4-6-11(7-5-10)29-8-12(27)26(2)3)24-25-18(28)16-13(19)15(22)14(20)17(21)23-16/h4-7H,8H2,1-3H3,(H2,22,23)(H,25,28). The van der Waals surface area contributed by atoms with Crippen LogP contribution in [0, 0.1) is 0 Å². The molecule has 0 bridgehead atoms. The van der Waals surface area contributed by atoms with Gasteiger partial charge in [0.05, 0.1) is 16.4 Å². The van der Waals surface area contributed by atoms with Crippen molar-refractivity contribution in [3.8, 4) is 5.75 Å². The van der Waals surface area contributed by atoms with Gasteiger partial charge >= 0.3 is 0 Å². The van der Waals surface area contributed by atoms with E-state index in [9.17, 15) is 9.59 Å². The van der Waals surface area contributed by atoms with Gasteiger partial charge in [0.15, 0.2) is 17.5 Å². The number of halogens is 3. The van der Waals surface area contributed by atoms with E-state index >= 15 is 0 Å².